The van der Waals surface area contributed by atoms with Crippen LogP contribution in [0.3, 0.4) is 0 Å². The van der Waals surface area contributed by atoms with Crippen molar-refractivity contribution in [2.24, 2.45) is 0 Å². The molecule has 0 atom stereocenters. The quantitative estimate of drug-likeness (QED) is 0.339. The van der Waals surface area contributed by atoms with Gasteiger partial charge in [0.2, 0.25) is 5.43 Å². The second-order valence-corrected chi connectivity index (χ2v) is 6.45. The predicted octanol–water partition coefficient (Wildman–Crippen LogP) is 0.787. The molecule has 1 saturated carbocycles. The van der Waals surface area contributed by atoms with Crippen LogP contribution in [0.4, 0.5) is 15.8 Å². The summed E-state index contributed by atoms with van der Waals surface area (Å²) >= 11 is 0. The number of hydrogen-bond acceptors (Lipinski definition) is 6. The maximum atomic E-state index is 15.0. The summed E-state index contributed by atoms with van der Waals surface area (Å²) in [6, 6.07) is -0.0162. The number of aromatic carboxylic acids is 1. The van der Waals surface area contributed by atoms with Gasteiger partial charge in [-0.3, -0.25) is 4.79 Å². The highest BCUT2D eigenvalue weighted by Gasteiger charge is 2.32. The van der Waals surface area contributed by atoms with Crippen molar-refractivity contribution in [3.05, 3.63) is 40.0 Å². The summed E-state index contributed by atoms with van der Waals surface area (Å²) in [7, 11) is 1.34. The van der Waals surface area contributed by atoms with Gasteiger partial charge in [-0.2, -0.15) is 5.43 Å². The van der Waals surface area contributed by atoms with Crippen molar-refractivity contribution in [1.82, 2.24) is 14.7 Å². The lowest BCUT2D eigenvalue weighted by Gasteiger charge is -2.19. The van der Waals surface area contributed by atoms with E-state index in [2.05, 4.69) is 15.5 Å². The number of allylic oxidation sites excluding steroid dienone is 1. The summed E-state index contributed by atoms with van der Waals surface area (Å²) in [6.45, 7) is 0. The fourth-order valence-corrected chi connectivity index (χ4v) is 3.18. The summed E-state index contributed by atoms with van der Waals surface area (Å²) in [6.07, 6.45) is 7.79. The van der Waals surface area contributed by atoms with Crippen LogP contribution >= 0.6 is 0 Å². The van der Waals surface area contributed by atoms with E-state index in [4.69, 9.17) is 10.5 Å². The molecule has 1 fully saturated rings. The van der Waals surface area contributed by atoms with Gasteiger partial charge in [0.05, 0.1) is 29.8 Å². The summed E-state index contributed by atoms with van der Waals surface area (Å²) in [5.41, 5.74) is 9.73. The van der Waals surface area contributed by atoms with Gasteiger partial charge in [-0.1, -0.05) is 0 Å². The van der Waals surface area contributed by atoms with Crippen molar-refractivity contribution >= 4 is 40.3 Å². The minimum Gasteiger partial charge on any atom is -0.492 e. The van der Waals surface area contributed by atoms with Gasteiger partial charge in [-0.25, -0.2) is 19.3 Å². The average Bonchev–Trinajstić information content (AvgIpc) is 3.38. The second-order valence-electron chi connectivity index (χ2n) is 6.45. The number of carboxylic acids is 1. The van der Waals surface area contributed by atoms with Crippen LogP contribution in [0.15, 0.2) is 23.1 Å². The number of nitrogens with one attached hydrogen (secondary N) is 2. The molecule has 0 amide bonds. The largest absolute Gasteiger partial charge is 0.492 e. The first kappa shape index (κ1) is 17.6. The number of rotatable bonds is 5. The van der Waals surface area contributed by atoms with Crippen molar-refractivity contribution < 1.29 is 19.0 Å². The smallest absolute Gasteiger partial charge is 0.390 e. The predicted molar refractivity (Wildman–Crippen MR) is 103 cm³/mol. The molecule has 0 bridgehead atoms. The fourth-order valence-electron chi connectivity index (χ4n) is 3.18. The second kappa shape index (κ2) is 6.43. The monoisotopic (exact) mass is 386 g/mol. The molecule has 5 N–H and O–H groups in total. The number of anilines is 2. The van der Waals surface area contributed by atoms with Crippen LogP contribution in [0.25, 0.3) is 10.9 Å². The third-order valence-electron chi connectivity index (χ3n) is 4.65. The number of carboxylic acid groups (broad SMARTS) is 1. The molecule has 0 saturated heterocycles. The number of fused-ring (bicyclic) bond motifs is 1. The Balaban J connectivity index is 2.00. The lowest BCUT2D eigenvalue weighted by atomic mass is 10.1. The van der Waals surface area contributed by atoms with Crippen LogP contribution in [-0.2, 0) is 0 Å². The molecule has 2 heterocycles. The first-order valence-corrected chi connectivity index (χ1v) is 8.50. The Kier molecular flexibility index (Phi) is 4.05. The SMILES string of the molecule is COc1c(NNC2=[N+]=CC=C2)c(F)c(N)c2c(=O)c(C(=O)O)cn(C3CC3)c12. The van der Waals surface area contributed by atoms with Crippen LogP contribution in [0.5, 0.6) is 5.75 Å². The van der Waals surface area contributed by atoms with Gasteiger partial charge in [0.1, 0.15) is 5.56 Å². The van der Waals surface area contributed by atoms with Gasteiger partial charge < -0.3 is 20.1 Å². The number of nitrogens with two attached hydrogens (primary N) is 1. The third-order valence-corrected chi connectivity index (χ3v) is 4.65. The first-order valence-electron chi connectivity index (χ1n) is 8.50. The minimum absolute atomic E-state index is 0.0162. The highest BCUT2D eigenvalue weighted by atomic mass is 19.1. The van der Waals surface area contributed by atoms with Gasteiger partial charge in [0.15, 0.2) is 23.5 Å². The summed E-state index contributed by atoms with van der Waals surface area (Å²) in [5, 5.41) is 9.16. The maximum Gasteiger partial charge on any atom is 0.390 e. The highest BCUT2D eigenvalue weighted by molar-refractivity contribution is 6.05. The van der Waals surface area contributed by atoms with E-state index >= 15 is 4.39 Å². The number of carbonyl (C=O) groups is 1. The third kappa shape index (κ3) is 2.67. The molecule has 1 aliphatic heterocycles. The van der Waals surface area contributed by atoms with Crippen LogP contribution in [-0.4, -0.2) is 34.8 Å². The minimum atomic E-state index is -1.40. The van der Waals surface area contributed by atoms with E-state index in [1.807, 2.05) is 0 Å². The highest BCUT2D eigenvalue weighted by Crippen LogP contribution is 2.44. The van der Waals surface area contributed by atoms with Crippen molar-refractivity contribution in [1.29, 1.82) is 0 Å². The molecule has 4 rings (SSSR count). The molecule has 2 aliphatic rings. The maximum absolute atomic E-state index is 15.0. The van der Waals surface area contributed by atoms with E-state index in [-0.39, 0.29) is 28.4 Å². The summed E-state index contributed by atoms with van der Waals surface area (Å²) in [5.74, 6) is -1.83. The van der Waals surface area contributed by atoms with Crippen molar-refractivity contribution in [3.63, 3.8) is 0 Å². The zero-order valence-corrected chi connectivity index (χ0v) is 14.8. The number of halogens is 1. The summed E-state index contributed by atoms with van der Waals surface area (Å²) in [4.78, 5) is 24.2. The van der Waals surface area contributed by atoms with Gasteiger partial charge in [-0.15, -0.1) is 0 Å². The molecule has 1 aliphatic carbocycles. The number of benzene rings is 1. The van der Waals surface area contributed by atoms with E-state index in [0.717, 1.165) is 12.8 Å². The number of hydrogen-bond donors (Lipinski definition) is 4. The number of aromatic nitrogens is 1. The first-order chi connectivity index (χ1) is 13.4. The van der Waals surface area contributed by atoms with Crippen LogP contribution < -0.4 is 31.4 Å². The molecule has 1 aromatic carbocycles. The standard InChI is InChI=1S/C18H16FN5O4/c1-28-17-14(23-22-10-3-2-6-21-10)12(19)13(20)11-15(17)24(8-4-5-8)7-9(16(11)25)18(26)27/h2-3,6-8H,4-5H2,1H3,(H4,20,21,23,25,26,27)/p+1. The van der Waals surface area contributed by atoms with Crippen LogP contribution in [0.1, 0.15) is 29.2 Å². The molecule has 0 spiro atoms. The number of nitrogens with zero attached hydrogens (tertiary/aromatic N) is 2. The Morgan fingerprint density at radius 1 is 1.43 bits per heavy atom. The van der Waals surface area contributed by atoms with Crippen molar-refractivity contribution in [2.45, 2.75) is 18.9 Å². The molecular formula is C18H17FN5O4+. The Bertz CT molecular complexity index is 1170. The normalized spacial score (nSPS) is 15.0. The molecule has 0 radical (unpaired) electrons. The number of amidine groups is 1. The Morgan fingerprint density at radius 2 is 2.18 bits per heavy atom. The molecule has 2 aromatic rings. The van der Waals surface area contributed by atoms with E-state index in [0.29, 0.717) is 5.84 Å². The number of pyridine rings is 1. The Hall–Kier alpha value is -3.78. The summed E-state index contributed by atoms with van der Waals surface area (Å²) < 4.78 is 26.1. The van der Waals surface area contributed by atoms with Gasteiger partial charge in [0.25, 0.3) is 0 Å². The van der Waals surface area contributed by atoms with Gasteiger partial charge in [0, 0.05) is 18.3 Å². The zero-order chi connectivity index (χ0) is 20.0. The topological polar surface area (TPSA) is 133 Å². The van der Waals surface area contributed by atoms with E-state index in [1.165, 1.54) is 13.3 Å². The average molecular weight is 386 g/mol. The Morgan fingerprint density at radius 3 is 2.75 bits per heavy atom. The molecule has 10 heteroatoms. The lowest BCUT2D eigenvalue weighted by Crippen LogP contribution is -2.30. The number of hydrazine groups is 1. The molecule has 0 unspecified atom stereocenters. The van der Waals surface area contributed by atoms with E-state index in [1.54, 1.807) is 22.9 Å². The van der Waals surface area contributed by atoms with E-state index in [9.17, 15) is 14.7 Å². The zero-order valence-electron chi connectivity index (χ0n) is 14.8. The number of nitrogen functional groups attached to an aromatic ring is 1. The Labute approximate surface area is 157 Å². The lowest BCUT2D eigenvalue weighted by molar-refractivity contribution is 0.0695. The van der Waals surface area contributed by atoms with Crippen LogP contribution in [0, 0.1) is 5.82 Å². The van der Waals surface area contributed by atoms with Crippen molar-refractivity contribution in [3.8, 4) is 5.75 Å². The van der Waals surface area contributed by atoms with Gasteiger partial charge in [-0.05, 0) is 12.8 Å². The fraction of sp³-hybridized carbons (Fsp3) is 0.222. The number of methoxy groups -OCH3 is 1. The van der Waals surface area contributed by atoms with Crippen molar-refractivity contribution in [2.75, 3.05) is 18.3 Å². The molecule has 1 aromatic heterocycles. The molecular weight excluding hydrogens is 369 g/mol. The van der Waals surface area contributed by atoms with E-state index < -0.39 is 28.5 Å². The molecule has 28 heavy (non-hydrogen) atoms. The van der Waals surface area contributed by atoms with Crippen LogP contribution in [0.2, 0.25) is 0 Å². The van der Waals surface area contributed by atoms with Gasteiger partial charge >= 0.3 is 11.8 Å². The number of ether oxygens (including phenoxy) is 1. The molecule has 144 valence electrons. The molecule has 9 nitrogen and oxygen atoms in total.